The minimum absolute atomic E-state index is 0.0580. The summed E-state index contributed by atoms with van der Waals surface area (Å²) in [6, 6.07) is 15.9. The number of thioether (sulfide) groups is 1. The first kappa shape index (κ1) is 27.1. The number of aryl methyl sites for hydroxylation is 3. The Morgan fingerprint density at radius 3 is 2.54 bits per heavy atom. The maximum atomic E-state index is 13.8. The summed E-state index contributed by atoms with van der Waals surface area (Å²) in [5, 5.41) is 5.38. The van der Waals surface area contributed by atoms with Crippen molar-refractivity contribution in [2.24, 2.45) is 5.10 Å². The fourth-order valence-corrected chi connectivity index (χ4v) is 7.01. The second kappa shape index (κ2) is 12.2. The summed E-state index contributed by atoms with van der Waals surface area (Å²) in [6.07, 6.45) is 5.80. The average Bonchev–Trinajstić information content (AvgIpc) is 3.33. The number of aromatic nitrogens is 2. The highest BCUT2D eigenvalue weighted by Gasteiger charge is 2.23. The number of amides is 1. The molecule has 0 saturated carbocycles. The van der Waals surface area contributed by atoms with Crippen molar-refractivity contribution in [2.45, 2.75) is 51.6 Å². The molecule has 2 aromatic heterocycles. The molecule has 0 atom stereocenters. The van der Waals surface area contributed by atoms with E-state index in [9.17, 15) is 9.59 Å². The van der Waals surface area contributed by atoms with E-state index in [1.54, 1.807) is 22.1 Å². The van der Waals surface area contributed by atoms with E-state index in [2.05, 4.69) is 41.4 Å². The molecule has 0 radical (unpaired) electrons. The Morgan fingerprint density at radius 1 is 1.10 bits per heavy atom. The van der Waals surface area contributed by atoms with Gasteiger partial charge in [0.05, 0.1) is 23.0 Å². The number of thiophene rings is 1. The van der Waals surface area contributed by atoms with Crippen LogP contribution in [-0.2, 0) is 17.6 Å². The van der Waals surface area contributed by atoms with Crippen molar-refractivity contribution < 1.29 is 4.79 Å². The first-order valence-electron chi connectivity index (χ1n) is 13.4. The van der Waals surface area contributed by atoms with Crippen LogP contribution < -0.4 is 15.9 Å². The molecular weight excluding hydrogens is 526 g/mol. The molecule has 4 aromatic rings. The maximum absolute atomic E-state index is 13.8. The van der Waals surface area contributed by atoms with Gasteiger partial charge in [-0.3, -0.25) is 14.2 Å². The van der Waals surface area contributed by atoms with E-state index in [-0.39, 0.29) is 17.2 Å². The number of nitrogens with one attached hydrogen (secondary N) is 1. The number of benzene rings is 2. The van der Waals surface area contributed by atoms with E-state index in [1.807, 2.05) is 43.3 Å². The molecule has 1 aliphatic carbocycles. The van der Waals surface area contributed by atoms with Crippen LogP contribution in [0.5, 0.6) is 0 Å². The second-order valence-corrected chi connectivity index (χ2v) is 11.6. The molecule has 2 aromatic carbocycles. The van der Waals surface area contributed by atoms with E-state index >= 15 is 0 Å². The third kappa shape index (κ3) is 5.94. The number of anilines is 1. The van der Waals surface area contributed by atoms with Crippen LogP contribution in [0.15, 0.2) is 63.6 Å². The van der Waals surface area contributed by atoms with Gasteiger partial charge in [0.15, 0.2) is 5.16 Å². The lowest BCUT2D eigenvalue weighted by Gasteiger charge is -2.20. The van der Waals surface area contributed by atoms with Gasteiger partial charge in [-0.15, -0.1) is 11.3 Å². The predicted octanol–water partition coefficient (Wildman–Crippen LogP) is 5.72. The van der Waals surface area contributed by atoms with Crippen molar-refractivity contribution in [2.75, 3.05) is 23.7 Å². The zero-order chi connectivity index (χ0) is 27.4. The Kier molecular flexibility index (Phi) is 8.47. The van der Waals surface area contributed by atoms with Crippen LogP contribution in [0.4, 0.5) is 5.69 Å². The Labute approximate surface area is 237 Å². The minimum Gasteiger partial charge on any atom is -0.372 e. The summed E-state index contributed by atoms with van der Waals surface area (Å²) in [4.78, 5) is 35.7. The number of hydrogen-bond donors (Lipinski definition) is 1. The quantitative estimate of drug-likeness (QED) is 0.123. The van der Waals surface area contributed by atoms with Gasteiger partial charge >= 0.3 is 0 Å². The van der Waals surface area contributed by atoms with E-state index in [0.717, 1.165) is 77.1 Å². The normalized spacial score (nSPS) is 13.1. The molecule has 0 saturated heterocycles. The monoisotopic (exact) mass is 559 g/mol. The van der Waals surface area contributed by atoms with Gasteiger partial charge in [0.1, 0.15) is 4.83 Å². The van der Waals surface area contributed by atoms with E-state index in [0.29, 0.717) is 5.16 Å². The van der Waals surface area contributed by atoms with Crippen molar-refractivity contribution in [3.05, 3.63) is 80.5 Å². The van der Waals surface area contributed by atoms with Crippen LogP contribution in [-0.4, -0.2) is 40.5 Å². The Bertz CT molecular complexity index is 1550. The summed E-state index contributed by atoms with van der Waals surface area (Å²) in [5.74, 6) is -0.168. The van der Waals surface area contributed by atoms with Gasteiger partial charge in [-0.1, -0.05) is 41.6 Å². The highest BCUT2D eigenvalue weighted by molar-refractivity contribution is 7.99. The van der Waals surface area contributed by atoms with Crippen LogP contribution in [0.2, 0.25) is 0 Å². The predicted molar refractivity (Wildman–Crippen MR) is 163 cm³/mol. The molecule has 0 bridgehead atoms. The smallest absolute Gasteiger partial charge is 0.267 e. The zero-order valence-electron chi connectivity index (χ0n) is 22.6. The van der Waals surface area contributed by atoms with Crippen LogP contribution >= 0.6 is 23.1 Å². The van der Waals surface area contributed by atoms with Crippen molar-refractivity contribution in [1.82, 2.24) is 15.0 Å². The molecule has 0 aliphatic heterocycles. The fourth-order valence-electron chi connectivity index (χ4n) is 4.91. The molecule has 9 heteroatoms. The molecular formula is C30H33N5O2S2. The second-order valence-electron chi connectivity index (χ2n) is 9.61. The Morgan fingerprint density at radius 2 is 1.82 bits per heavy atom. The number of hydrazone groups is 1. The van der Waals surface area contributed by atoms with Gasteiger partial charge in [-0.05, 0) is 81.8 Å². The number of carbonyl (C=O) groups excluding carboxylic acids is 1. The molecule has 1 aliphatic rings. The first-order chi connectivity index (χ1) is 19.0. The highest BCUT2D eigenvalue weighted by atomic mass is 32.2. The van der Waals surface area contributed by atoms with E-state index in [4.69, 9.17) is 4.98 Å². The summed E-state index contributed by atoms with van der Waals surface area (Å²) in [6.45, 7) is 8.18. The molecule has 202 valence electrons. The lowest BCUT2D eigenvalue weighted by atomic mass is 9.97. The lowest BCUT2D eigenvalue weighted by molar-refractivity contribution is -0.118. The summed E-state index contributed by atoms with van der Waals surface area (Å²) in [5.41, 5.74) is 7.64. The van der Waals surface area contributed by atoms with Crippen molar-refractivity contribution in [3.8, 4) is 5.69 Å². The molecule has 5 rings (SSSR count). The lowest BCUT2D eigenvalue weighted by Crippen LogP contribution is -2.24. The number of rotatable bonds is 9. The van der Waals surface area contributed by atoms with Crippen molar-refractivity contribution in [1.29, 1.82) is 0 Å². The largest absolute Gasteiger partial charge is 0.372 e. The van der Waals surface area contributed by atoms with Gasteiger partial charge in [0.2, 0.25) is 0 Å². The van der Waals surface area contributed by atoms with Gasteiger partial charge in [-0.2, -0.15) is 5.10 Å². The number of carbonyl (C=O) groups is 1. The standard InChI is InChI=1S/C30H33N5O2S2/c1-4-34(5-2)22-16-12-21(13-17-22)18-31-33-26(36)19-38-30-32-28-27(24-8-6-7-9-25(24)39-28)29(37)35(30)23-14-10-20(3)11-15-23/h10-18H,4-9,19H2,1-3H3,(H,33,36)/b31-18+. The molecule has 0 spiro atoms. The molecule has 7 nitrogen and oxygen atoms in total. The van der Waals surface area contributed by atoms with Crippen LogP contribution in [0.3, 0.4) is 0 Å². The molecule has 1 N–H and O–H groups in total. The van der Waals surface area contributed by atoms with Crippen LogP contribution in [0.25, 0.3) is 15.9 Å². The number of hydrogen-bond acceptors (Lipinski definition) is 7. The van der Waals surface area contributed by atoms with Gasteiger partial charge in [0, 0.05) is 23.7 Å². The van der Waals surface area contributed by atoms with Crippen molar-refractivity contribution >= 4 is 51.1 Å². The highest BCUT2D eigenvalue weighted by Crippen LogP contribution is 2.35. The molecule has 0 unspecified atom stereocenters. The minimum atomic E-state index is -0.258. The van der Waals surface area contributed by atoms with Crippen LogP contribution in [0.1, 0.15) is 48.3 Å². The third-order valence-electron chi connectivity index (χ3n) is 7.01. The van der Waals surface area contributed by atoms with Crippen LogP contribution in [0, 0.1) is 6.92 Å². The summed E-state index contributed by atoms with van der Waals surface area (Å²) in [7, 11) is 0. The summed E-state index contributed by atoms with van der Waals surface area (Å²) < 4.78 is 1.65. The maximum Gasteiger partial charge on any atom is 0.267 e. The van der Waals surface area contributed by atoms with Gasteiger partial charge in [0.25, 0.3) is 11.5 Å². The summed E-state index contributed by atoms with van der Waals surface area (Å²) >= 11 is 2.87. The third-order valence-corrected chi connectivity index (χ3v) is 9.13. The molecule has 39 heavy (non-hydrogen) atoms. The van der Waals surface area contributed by atoms with E-state index < -0.39 is 0 Å². The van der Waals surface area contributed by atoms with Gasteiger partial charge in [-0.25, -0.2) is 10.4 Å². The van der Waals surface area contributed by atoms with Gasteiger partial charge < -0.3 is 4.90 Å². The topological polar surface area (TPSA) is 79.6 Å². The molecule has 2 heterocycles. The Hall–Kier alpha value is -3.43. The molecule has 0 fully saturated rings. The SMILES string of the molecule is CCN(CC)c1ccc(/C=N/NC(=O)CSc2nc3sc4c(c3c(=O)n2-c2ccc(C)cc2)CCCC4)cc1. The fraction of sp³-hybridized carbons (Fsp3) is 0.333. The Balaban J connectivity index is 1.34. The first-order valence-corrected chi connectivity index (χ1v) is 15.2. The zero-order valence-corrected chi connectivity index (χ0v) is 24.2. The average molecular weight is 560 g/mol. The van der Waals surface area contributed by atoms with Crippen molar-refractivity contribution in [3.63, 3.8) is 0 Å². The number of fused-ring (bicyclic) bond motifs is 3. The molecule has 1 amide bonds. The number of nitrogens with zero attached hydrogens (tertiary/aromatic N) is 4. The van der Waals surface area contributed by atoms with E-state index in [1.165, 1.54) is 16.6 Å².